The molecule has 1 aliphatic heterocycles. The third kappa shape index (κ3) is 3.55. The molecule has 1 atom stereocenters. The first-order valence-electron chi connectivity index (χ1n) is 6.60. The quantitative estimate of drug-likeness (QED) is 0.865. The third-order valence-corrected chi connectivity index (χ3v) is 3.74. The fourth-order valence-electron chi connectivity index (χ4n) is 2.60. The Labute approximate surface area is 105 Å². The minimum absolute atomic E-state index is 0.180. The Kier molecular flexibility index (Phi) is 3.85. The molecule has 1 saturated heterocycles. The lowest BCUT2D eigenvalue weighted by molar-refractivity contribution is 0.281. The Morgan fingerprint density at radius 2 is 2.00 bits per heavy atom. The molecule has 0 saturated carbocycles. The SMILES string of the molecule is CC1(C)CCN(CCC(N)c2ccccc2)C1. The number of hydrogen-bond acceptors (Lipinski definition) is 2. The van der Waals surface area contributed by atoms with Crippen molar-refractivity contribution in [2.24, 2.45) is 11.1 Å². The van der Waals surface area contributed by atoms with E-state index >= 15 is 0 Å². The van der Waals surface area contributed by atoms with Crippen molar-refractivity contribution in [2.75, 3.05) is 19.6 Å². The van der Waals surface area contributed by atoms with Crippen molar-refractivity contribution in [2.45, 2.75) is 32.7 Å². The molecule has 1 aromatic rings. The average molecular weight is 232 g/mol. The summed E-state index contributed by atoms with van der Waals surface area (Å²) in [4.78, 5) is 2.54. The normalized spacial score (nSPS) is 21.6. The van der Waals surface area contributed by atoms with Crippen LogP contribution in [0.15, 0.2) is 30.3 Å². The molecule has 2 nitrogen and oxygen atoms in total. The number of nitrogens with two attached hydrogens (primary N) is 1. The smallest absolute Gasteiger partial charge is 0.0307 e. The van der Waals surface area contributed by atoms with E-state index in [1.165, 1.54) is 25.1 Å². The zero-order chi connectivity index (χ0) is 12.3. The van der Waals surface area contributed by atoms with Crippen LogP contribution in [0.3, 0.4) is 0 Å². The molecule has 2 rings (SSSR count). The van der Waals surface area contributed by atoms with Gasteiger partial charge in [-0.2, -0.15) is 0 Å². The van der Waals surface area contributed by atoms with Crippen LogP contribution in [0.5, 0.6) is 0 Å². The summed E-state index contributed by atoms with van der Waals surface area (Å²) >= 11 is 0. The first-order valence-corrected chi connectivity index (χ1v) is 6.60. The van der Waals surface area contributed by atoms with Crippen LogP contribution in [0.4, 0.5) is 0 Å². The molecular weight excluding hydrogens is 208 g/mol. The second-order valence-electron chi connectivity index (χ2n) is 6.00. The van der Waals surface area contributed by atoms with Gasteiger partial charge in [0, 0.05) is 12.6 Å². The fraction of sp³-hybridized carbons (Fsp3) is 0.600. The summed E-state index contributed by atoms with van der Waals surface area (Å²) in [5.41, 5.74) is 7.97. The topological polar surface area (TPSA) is 29.3 Å². The lowest BCUT2D eigenvalue weighted by Gasteiger charge is -2.21. The van der Waals surface area contributed by atoms with E-state index in [4.69, 9.17) is 5.73 Å². The molecular formula is C15H24N2. The predicted octanol–water partition coefficient (Wildman–Crippen LogP) is 2.81. The third-order valence-electron chi connectivity index (χ3n) is 3.74. The Morgan fingerprint density at radius 3 is 2.59 bits per heavy atom. The fourth-order valence-corrected chi connectivity index (χ4v) is 2.60. The van der Waals surface area contributed by atoms with E-state index in [9.17, 15) is 0 Å². The Balaban J connectivity index is 1.79. The highest BCUT2D eigenvalue weighted by Gasteiger charge is 2.28. The highest BCUT2D eigenvalue weighted by atomic mass is 15.1. The van der Waals surface area contributed by atoms with Gasteiger partial charge >= 0.3 is 0 Å². The Bertz CT molecular complexity index is 345. The minimum Gasteiger partial charge on any atom is -0.324 e. The summed E-state index contributed by atoms with van der Waals surface area (Å²) in [7, 11) is 0. The van der Waals surface area contributed by atoms with Gasteiger partial charge in [0.05, 0.1) is 0 Å². The second kappa shape index (κ2) is 5.19. The van der Waals surface area contributed by atoms with E-state index in [1.807, 2.05) is 6.07 Å². The van der Waals surface area contributed by atoms with Crippen molar-refractivity contribution < 1.29 is 0 Å². The van der Waals surface area contributed by atoms with Crippen LogP contribution in [0.2, 0.25) is 0 Å². The van der Waals surface area contributed by atoms with E-state index in [0.29, 0.717) is 5.41 Å². The van der Waals surface area contributed by atoms with Crippen molar-refractivity contribution in [3.63, 3.8) is 0 Å². The van der Waals surface area contributed by atoms with Crippen LogP contribution in [0.1, 0.15) is 38.3 Å². The maximum absolute atomic E-state index is 6.21. The van der Waals surface area contributed by atoms with Gasteiger partial charge in [0.2, 0.25) is 0 Å². The Morgan fingerprint density at radius 1 is 1.29 bits per heavy atom. The molecule has 0 aliphatic carbocycles. The summed E-state index contributed by atoms with van der Waals surface area (Å²) in [6, 6.07) is 10.6. The number of nitrogens with zero attached hydrogens (tertiary/aromatic N) is 1. The van der Waals surface area contributed by atoms with Gasteiger partial charge in [-0.3, -0.25) is 0 Å². The van der Waals surface area contributed by atoms with Crippen LogP contribution in [0.25, 0.3) is 0 Å². The van der Waals surface area contributed by atoms with E-state index in [1.54, 1.807) is 0 Å². The molecule has 1 fully saturated rings. The van der Waals surface area contributed by atoms with E-state index in [2.05, 4.69) is 43.0 Å². The van der Waals surface area contributed by atoms with Gasteiger partial charge < -0.3 is 10.6 Å². The van der Waals surface area contributed by atoms with Gasteiger partial charge in [0.1, 0.15) is 0 Å². The molecule has 0 bridgehead atoms. The van der Waals surface area contributed by atoms with Crippen molar-refractivity contribution in [3.8, 4) is 0 Å². The number of benzene rings is 1. The van der Waals surface area contributed by atoms with Crippen LogP contribution in [-0.2, 0) is 0 Å². The van der Waals surface area contributed by atoms with E-state index in [0.717, 1.165) is 13.0 Å². The molecule has 1 aromatic carbocycles. The molecule has 1 heterocycles. The largest absolute Gasteiger partial charge is 0.324 e. The predicted molar refractivity (Wildman–Crippen MR) is 72.8 cm³/mol. The van der Waals surface area contributed by atoms with Crippen molar-refractivity contribution in [3.05, 3.63) is 35.9 Å². The molecule has 0 aromatic heterocycles. The van der Waals surface area contributed by atoms with Crippen molar-refractivity contribution >= 4 is 0 Å². The number of likely N-dealkylation sites (tertiary alicyclic amines) is 1. The molecule has 17 heavy (non-hydrogen) atoms. The molecule has 0 amide bonds. The van der Waals surface area contributed by atoms with Gasteiger partial charge in [0.15, 0.2) is 0 Å². The van der Waals surface area contributed by atoms with Crippen LogP contribution in [-0.4, -0.2) is 24.5 Å². The van der Waals surface area contributed by atoms with E-state index < -0.39 is 0 Å². The maximum atomic E-state index is 6.21. The second-order valence-corrected chi connectivity index (χ2v) is 6.00. The number of hydrogen-bond donors (Lipinski definition) is 1. The first-order chi connectivity index (χ1) is 8.07. The van der Waals surface area contributed by atoms with Crippen molar-refractivity contribution in [1.29, 1.82) is 0 Å². The summed E-state index contributed by atoms with van der Waals surface area (Å²) in [5, 5.41) is 0. The molecule has 0 spiro atoms. The molecule has 2 heteroatoms. The number of rotatable bonds is 4. The first kappa shape index (κ1) is 12.6. The molecule has 0 radical (unpaired) electrons. The van der Waals surface area contributed by atoms with Gasteiger partial charge in [0.25, 0.3) is 0 Å². The van der Waals surface area contributed by atoms with Crippen molar-refractivity contribution in [1.82, 2.24) is 4.90 Å². The monoisotopic (exact) mass is 232 g/mol. The lowest BCUT2D eigenvalue weighted by Crippen LogP contribution is -2.27. The molecule has 94 valence electrons. The Hall–Kier alpha value is -0.860. The maximum Gasteiger partial charge on any atom is 0.0307 e. The lowest BCUT2D eigenvalue weighted by atomic mass is 9.93. The highest BCUT2D eigenvalue weighted by Crippen LogP contribution is 2.29. The van der Waals surface area contributed by atoms with Gasteiger partial charge in [-0.25, -0.2) is 0 Å². The molecule has 2 N–H and O–H groups in total. The van der Waals surface area contributed by atoms with Crippen LogP contribution >= 0.6 is 0 Å². The van der Waals surface area contributed by atoms with E-state index in [-0.39, 0.29) is 6.04 Å². The zero-order valence-corrected chi connectivity index (χ0v) is 11.0. The van der Waals surface area contributed by atoms with Crippen LogP contribution in [0, 0.1) is 5.41 Å². The van der Waals surface area contributed by atoms with Gasteiger partial charge in [-0.05, 0) is 36.9 Å². The van der Waals surface area contributed by atoms with Gasteiger partial charge in [-0.15, -0.1) is 0 Å². The van der Waals surface area contributed by atoms with Gasteiger partial charge in [-0.1, -0.05) is 44.2 Å². The van der Waals surface area contributed by atoms with Crippen LogP contribution < -0.4 is 5.73 Å². The summed E-state index contributed by atoms with van der Waals surface area (Å²) in [5.74, 6) is 0. The summed E-state index contributed by atoms with van der Waals surface area (Å²) < 4.78 is 0. The minimum atomic E-state index is 0.180. The molecule has 1 aliphatic rings. The average Bonchev–Trinajstić information content (AvgIpc) is 2.67. The standard InChI is InChI=1S/C15H24N2/c1-15(2)9-11-17(12-15)10-8-14(16)13-6-4-3-5-7-13/h3-7,14H,8-12,16H2,1-2H3. The summed E-state index contributed by atoms with van der Waals surface area (Å²) in [6.45, 7) is 8.27. The highest BCUT2D eigenvalue weighted by molar-refractivity contribution is 5.18. The molecule has 1 unspecified atom stereocenters. The zero-order valence-electron chi connectivity index (χ0n) is 11.0. The summed E-state index contributed by atoms with van der Waals surface area (Å²) in [6.07, 6.45) is 2.37.